The largest absolute Gasteiger partial charge is 0.264 e. The van der Waals surface area contributed by atoms with Crippen molar-refractivity contribution in [2.75, 3.05) is 0 Å². The van der Waals surface area contributed by atoms with Crippen LogP contribution in [-0.2, 0) is 15.2 Å². The van der Waals surface area contributed by atoms with Gasteiger partial charge in [-0.2, -0.15) is 0 Å². The Bertz CT molecular complexity index is 354. The molecule has 0 saturated carbocycles. The van der Waals surface area contributed by atoms with Gasteiger partial charge in [0, 0.05) is 17.5 Å². The van der Waals surface area contributed by atoms with E-state index in [1.54, 1.807) is 25.3 Å². The highest BCUT2D eigenvalue weighted by molar-refractivity contribution is 7.67. The highest BCUT2D eigenvalue weighted by atomic mass is 32.2. The van der Waals surface area contributed by atoms with E-state index in [1.165, 1.54) is 0 Å². The second kappa shape index (κ2) is 4.34. The summed E-state index contributed by atoms with van der Waals surface area (Å²) in [6, 6.07) is 3.55. The van der Waals surface area contributed by atoms with Gasteiger partial charge in [-0.1, -0.05) is 6.07 Å². The molecule has 0 N–H and O–H groups in total. The van der Waals surface area contributed by atoms with Crippen LogP contribution in [0.3, 0.4) is 0 Å². The number of thiol groups is 1. The summed E-state index contributed by atoms with van der Waals surface area (Å²) in [6.45, 7) is 3.49. The van der Waals surface area contributed by atoms with Gasteiger partial charge in [-0.25, -0.2) is 8.42 Å². The van der Waals surface area contributed by atoms with Crippen LogP contribution in [0.25, 0.3) is 0 Å². The maximum Gasteiger partial charge on any atom is 0.257 e. The lowest BCUT2D eigenvalue weighted by Gasteiger charge is -2.09. The quantitative estimate of drug-likeness (QED) is 0.741. The lowest BCUT2D eigenvalue weighted by molar-refractivity contribution is 0.244. The summed E-state index contributed by atoms with van der Waals surface area (Å²) in [5.41, 5.74) is 1.58. The van der Waals surface area contributed by atoms with Crippen LogP contribution >= 0.6 is 0 Å². The molecular weight excluding hydrogens is 190 g/mol. The van der Waals surface area contributed by atoms with E-state index in [0.717, 1.165) is 11.3 Å². The monoisotopic (exact) mass is 201 g/mol. The number of hydrogen-bond donors (Lipinski definition) is 1. The molecule has 72 valence electrons. The SMILES string of the molecule is Cc1ncccc1C(C)O[SH](=O)=O. The minimum absolute atomic E-state index is 0.463. The number of pyridine rings is 1. The van der Waals surface area contributed by atoms with Crippen molar-refractivity contribution in [1.29, 1.82) is 0 Å². The second-order valence-electron chi connectivity index (χ2n) is 2.65. The van der Waals surface area contributed by atoms with Crippen LogP contribution < -0.4 is 0 Å². The molecule has 1 aromatic heterocycles. The van der Waals surface area contributed by atoms with Crippen LogP contribution in [0.1, 0.15) is 24.3 Å². The molecule has 1 rings (SSSR count). The van der Waals surface area contributed by atoms with Crippen molar-refractivity contribution in [3.05, 3.63) is 29.6 Å². The molecule has 0 aliphatic rings. The zero-order valence-electron chi connectivity index (χ0n) is 7.43. The molecule has 0 aliphatic heterocycles. The molecule has 0 radical (unpaired) electrons. The Hall–Kier alpha value is -0.940. The van der Waals surface area contributed by atoms with Crippen molar-refractivity contribution < 1.29 is 12.6 Å². The van der Waals surface area contributed by atoms with Gasteiger partial charge in [0.15, 0.2) is 0 Å². The maximum atomic E-state index is 10.3. The van der Waals surface area contributed by atoms with Gasteiger partial charge in [-0.3, -0.25) is 9.17 Å². The Morgan fingerprint density at radius 1 is 1.54 bits per heavy atom. The third-order valence-corrected chi connectivity index (χ3v) is 2.22. The Morgan fingerprint density at radius 3 is 2.77 bits per heavy atom. The number of rotatable bonds is 3. The molecular formula is C8H11NO3S. The van der Waals surface area contributed by atoms with E-state index in [0.29, 0.717) is 0 Å². The molecule has 5 heteroatoms. The Morgan fingerprint density at radius 2 is 2.23 bits per heavy atom. The van der Waals surface area contributed by atoms with E-state index in [1.807, 2.05) is 6.92 Å². The fourth-order valence-corrected chi connectivity index (χ4v) is 1.48. The third-order valence-electron chi connectivity index (χ3n) is 1.73. The van der Waals surface area contributed by atoms with E-state index < -0.39 is 17.1 Å². The topological polar surface area (TPSA) is 56.3 Å². The molecule has 1 unspecified atom stereocenters. The molecule has 0 spiro atoms. The van der Waals surface area contributed by atoms with Gasteiger partial charge in [0.1, 0.15) is 6.10 Å². The van der Waals surface area contributed by atoms with Crippen molar-refractivity contribution in [2.24, 2.45) is 0 Å². The van der Waals surface area contributed by atoms with Crippen LogP contribution in [0, 0.1) is 6.92 Å². The number of aryl methyl sites for hydroxylation is 1. The van der Waals surface area contributed by atoms with Crippen molar-refractivity contribution in [1.82, 2.24) is 4.98 Å². The fraction of sp³-hybridized carbons (Fsp3) is 0.375. The maximum absolute atomic E-state index is 10.3. The average Bonchev–Trinajstić information content (AvgIpc) is 2.03. The highest BCUT2D eigenvalue weighted by Gasteiger charge is 2.09. The van der Waals surface area contributed by atoms with Crippen molar-refractivity contribution >= 4 is 11.0 Å². The number of nitrogens with zero attached hydrogens (tertiary/aromatic N) is 1. The first-order valence-corrected chi connectivity index (χ1v) is 4.93. The van der Waals surface area contributed by atoms with E-state index in [-0.39, 0.29) is 0 Å². The molecule has 1 aromatic rings. The lowest BCUT2D eigenvalue weighted by atomic mass is 10.1. The van der Waals surface area contributed by atoms with Crippen molar-refractivity contribution in [3.8, 4) is 0 Å². The predicted molar refractivity (Wildman–Crippen MR) is 48.8 cm³/mol. The first kappa shape index (κ1) is 10.1. The molecule has 4 nitrogen and oxygen atoms in total. The molecule has 0 bridgehead atoms. The van der Waals surface area contributed by atoms with Crippen molar-refractivity contribution in [2.45, 2.75) is 20.0 Å². The lowest BCUT2D eigenvalue weighted by Crippen LogP contribution is -2.01. The fourth-order valence-electron chi connectivity index (χ4n) is 1.11. The molecule has 0 amide bonds. The van der Waals surface area contributed by atoms with Crippen LogP contribution in [-0.4, -0.2) is 13.4 Å². The summed E-state index contributed by atoms with van der Waals surface area (Å²) in [7, 11) is -2.80. The van der Waals surface area contributed by atoms with Gasteiger partial charge in [0.25, 0.3) is 11.0 Å². The number of aromatic nitrogens is 1. The molecule has 0 saturated heterocycles. The summed E-state index contributed by atoms with van der Waals surface area (Å²) in [6.07, 6.45) is 1.19. The zero-order chi connectivity index (χ0) is 9.84. The minimum atomic E-state index is -2.80. The average molecular weight is 201 g/mol. The molecule has 1 heterocycles. The van der Waals surface area contributed by atoms with Gasteiger partial charge in [0.2, 0.25) is 0 Å². The summed E-state index contributed by atoms with van der Waals surface area (Å²) in [5, 5.41) is 0. The van der Waals surface area contributed by atoms with Crippen LogP contribution in [0.2, 0.25) is 0 Å². The zero-order valence-corrected chi connectivity index (χ0v) is 8.32. The Balaban J connectivity index is 2.88. The molecule has 0 aliphatic carbocycles. The van der Waals surface area contributed by atoms with Gasteiger partial charge < -0.3 is 0 Å². The van der Waals surface area contributed by atoms with E-state index >= 15 is 0 Å². The van der Waals surface area contributed by atoms with E-state index in [4.69, 9.17) is 0 Å². The molecule has 13 heavy (non-hydrogen) atoms. The number of hydrogen-bond acceptors (Lipinski definition) is 4. The smallest absolute Gasteiger partial charge is 0.257 e. The van der Waals surface area contributed by atoms with Crippen LogP contribution in [0.5, 0.6) is 0 Å². The molecule has 0 aromatic carbocycles. The van der Waals surface area contributed by atoms with Gasteiger partial charge in [0.05, 0.1) is 0 Å². The first-order chi connectivity index (χ1) is 6.11. The van der Waals surface area contributed by atoms with Crippen molar-refractivity contribution in [3.63, 3.8) is 0 Å². The summed E-state index contributed by atoms with van der Waals surface area (Å²) in [4.78, 5) is 4.03. The summed E-state index contributed by atoms with van der Waals surface area (Å²) in [5.74, 6) is 0. The Kier molecular flexibility index (Phi) is 3.39. The van der Waals surface area contributed by atoms with Gasteiger partial charge in [-0.15, -0.1) is 0 Å². The standard InChI is InChI=1S/C8H11NO3S/c1-6-8(4-3-5-9-6)7(2)12-13(10)11/h3-5,7,13H,1-2H3. The highest BCUT2D eigenvalue weighted by Crippen LogP contribution is 2.18. The van der Waals surface area contributed by atoms with E-state index in [2.05, 4.69) is 9.17 Å². The summed E-state index contributed by atoms with van der Waals surface area (Å²) < 4.78 is 25.2. The van der Waals surface area contributed by atoms with Crippen LogP contribution in [0.15, 0.2) is 18.3 Å². The first-order valence-electron chi connectivity index (χ1n) is 3.84. The molecule has 1 atom stereocenters. The second-order valence-corrected chi connectivity index (χ2v) is 3.31. The van der Waals surface area contributed by atoms with Gasteiger partial charge in [-0.05, 0) is 19.9 Å². The van der Waals surface area contributed by atoms with Crippen LogP contribution in [0.4, 0.5) is 0 Å². The Labute approximate surface area is 78.7 Å². The normalized spacial score (nSPS) is 13.2. The van der Waals surface area contributed by atoms with E-state index in [9.17, 15) is 8.42 Å². The molecule has 0 fully saturated rings. The van der Waals surface area contributed by atoms with Gasteiger partial charge >= 0.3 is 0 Å². The minimum Gasteiger partial charge on any atom is -0.264 e. The predicted octanol–water partition coefficient (Wildman–Crippen LogP) is 0.994. The third kappa shape index (κ3) is 2.78. The summed E-state index contributed by atoms with van der Waals surface area (Å²) >= 11 is 0.